The Hall–Kier alpha value is -3.22. The first-order valence-electron chi connectivity index (χ1n) is 7.38. The summed E-state index contributed by atoms with van der Waals surface area (Å²) in [6, 6.07) is 15.7. The average Bonchev–Trinajstić information content (AvgIpc) is 3.09. The van der Waals surface area contributed by atoms with Gasteiger partial charge in [-0.15, -0.1) is 5.10 Å². The topological polar surface area (TPSA) is 90.1 Å². The van der Waals surface area contributed by atoms with Crippen molar-refractivity contribution in [1.82, 2.24) is 20.2 Å². The van der Waals surface area contributed by atoms with Crippen molar-refractivity contribution in [1.29, 1.82) is 0 Å². The molecule has 0 amide bonds. The van der Waals surface area contributed by atoms with Gasteiger partial charge in [-0.3, -0.25) is 0 Å². The van der Waals surface area contributed by atoms with E-state index in [0.29, 0.717) is 18.0 Å². The molecule has 0 fully saturated rings. The maximum Gasteiger partial charge on any atom is 0.329 e. The molecular formula is C17H16N4O3. The lowest BCUT2D eigenvalue weighted by Crippen LogP contribution is -2.23. The highest BCUT2D eigenvalue weighted by Gasteiger charge is 2.25. The minimum atomic E-state index is -0.985. The lowest BCUT2D eigenvalue weighted by atomic mass is 10.1. The molecule has 1 unspecified atom stereocenters. The summed E-state index contributed by atoms with van der Waals surface area (Å²) in [5, 5.41) is 21.2. The van der Waals surface area contributed by atoms with Gasteiger partial charge in [0.2, 0.25) is 0 Å². The molecule has 0 aliphatic rings. The second-order valence-electron chi connectivity index (χ2n) is 5.22. The number of tetrazole rings is 1. The van der Waals surface area contributed by atoms with E-state index in [1.165, 1.54) is 4.68 Å². The van der Waals surface area contributed by atoms with Crippen molar-refractivity contribution < 1.29 is 14.6 Å². The standard InChI is InChI=1S/C17H16N4O3/c1-24-14-9-7-13(8-10-14)16-18-19-20-21(16)15(17(22)23)11-12-5-3-2-4-6-12/h2-10,15H,11H2,1H3,(H,22,23). The zero-order valence-electron chi connectivity index (χ0n) is 13.0. The van der Waals surface area contributed by atoms with Gasteiger partial charge in [-0.25, -0.2) is 9.48 Å². The summed E-state index contributed by atoms with van der Waals surface area (Å²) < 4.78 is 6.47. The molecule has 3 aromatic rings. The Labute approximate surface area is 138 Å². The fourth-order valence-corrected chi connectivity index (χ4v) is 2.45. The van der Waals surface area contributed by atoms with Gasteiger partial charge in [0.25, 0.3) is 0 Å². The summed E-state index contributed by atoms with van der Waals surface area (Å²) in [6.45, 7) is 0. The molecule has 0 aliphatic heterocycles. The summed E-state index contributed by atoms with van der Waals surface area (Å²) in [7, 11) is 1.58. The van der Waals surface area contributed by atoms with Gasteiger partial charge in [0, 0.05) is 12.0 Å². The van der Waals surface area contributed by atoms with Crippen LogP contribution in [0.1, 0.15) is 11.6 Å². The van der Waals surface area contributed by atoms with Crippen LogP contribution in [-0.2, 0) is 11.2 Å². The largest absolute Gasteiger partial charge is 0.497 e. The first kappa shape index (κ1) is 15.7. The number of carboxylic acids is 1. The van der Waals surface area contributed by atoms with Gasteiger partial charge in [-0.1, -0.05) is 30.3 Å². The first-order valence-corrected chi connectivity index (χ1v) is 7.38. The Morgan fingerprint density at radius 2 is 1.88 bits per heavy atom. The monoisotopic (exact) mass is 324 g/mol. The van der Waals surface area contributed by atoms with E-state index in [1.807, 2.05) is 30.3 Å². The van der Waals surface area contributed by atoms with Crippen molar-refractivity contribution in [2.75, 3.05) is 7.11 Å². The Morgan fingerprint density at radius 3 is 2.50 bits per heavy atom. The molecule has 1 heterocycles. The number of carbonyl (C=O) groups is 1. The third-order valence-corrected chi connectivity index (χ3v) is 3.69. The van der Waals surface area contributed by atoms with Crippen molar-refractivity contribution in [3.05, 3.63) is 60.2 Å². The second kappa shape index (κ2) is 6.91. The van der Waals surface area contributed by atoms with E-state index in [0.717, 1.165) is 11.1 Å². The molecule has 0 spiro atoms. The molecule has 0 aliphatic carbocycles. The molecule has 3 rings (SSSR count). The van der Waals surface area contributed by atoms with E-state index in [4.69, 9.17) is 4.74 Å². The quantitative estimate of drug-likeness (QED) is 0.747. The Morgan fingerprint density at radius 1 is 1.17 bits per heavy atom. The number of aliphatic carboxylic acids is 1. The Kier molecular flexibility index (Phi) is 4.51. The van der Waals surface area contributed by atoms with Crippen LogP contribution in [0.15, 0.2) is 54.6 Å². The minimum absolute atomic E-state index is 0.296. The summed E-state index contributed by atoms with van der Waals surface area (Å²) in [5.74, 6) is 0.124. The minimum Gasteiger partial charge on any atom is -0.497 e. The molecule has 1 N–H and O–H groups in total. The molecule has 2 aromatic carbocycles. The summed E-state index contributed by atoms with van der Waals surface area (Å²) in [6.07, 6.45) is 0.296. The van der Waals surface area contributed by atoms with Gasteiger partial charge in [0.05, 0.1) is 7.11 Å². The van der Waals surface area contributed by atoms with Gasteiger partial charge in [-0.05, 0) is 40.3 Å². The van der Waals surface area contributed by atoms with Crippen molar-refractivity contribution >= 4 is 5.97 Å². The maximum atomic E-state index is 11.7. The molecule has 7 nitrogen and oxygen atoms in total. The van der Waals surface area contributed by atoms with Crippen molar-refractivity contribution in [2.45, 2.75) is 12.5 Å². The molecule has 0 bridgehead atoms. The number of hydrogen-bond acceptors (Lipinski definition) is 5. The number of benzene rings is 2. The SMILES string of the molecule is COc1ccc(-c2nnnn2C(Cc2ccccc2)C(=O)O)cc1. The number of aromatic nitrogens is 4. The maximum absolute atomic E-state index is 11.7. The first-order chi connectivity index (χ1) is 11.7. The van der Waals surface area contributed by atoms with E-state index in [1.54, 1.807) is 31.4 Å². The fourth-order valence-electron chi connectivity index (χ4n) is 2.45. The van der Waals surface area contributed by atoms with Crippen molar-refractivity contribution in [3.63, 3.8) is 0 Å². The normalized spacial score (nSPS) is 11.9. The lowest BCUT2D eigenvalue weighted by Gasteiger charge is -2.14. The van der Waals surface area contributed by atoms with Gasteiger partial charge in [-0.2, -0.15) is 0 Å². The Balaban J connectivity index is 1.94. The molecule has 0 saturated heterocycles. The molecule has 24 heavy (non-hydrogen) atoms. The highest BCUT2D eigenvalue weighted by atomic mass is 16.5. The summed E-state index contributed by atoms with van der Waals surface area (Å²) in [4.78, 5) is 11.7. The number of carboxylic acid groups (broad SMARTS) is 1. The van der Waals surface area contributed by atoms with Gasteiger partial charge in [0.1, 0.15) is 5.75 Å². The third-order valence-electron chi connectivity index (χ3n) is 3.69. The molecule has 7 heteroatoms. The van der Waals surface area contributed by atoms with Crippen molar-refractivity contribution in [2.24, 2.45) is 0 Å². The Bertz CT molecular complexity index is 815. The van der Waals surface area contributed by atoms with Crippen LogP contribution in [-0.4, -0.2) is 38.4 Å². The molecule has 0 saturated carbocycles. The number of hydrogen-bond donors (Lipinski definition) is 1. The van der Waals surface area contributed by atoms with E-state index in [-0.39, 0.29) is 0 Å². The molecule has 1 aromatic heterocycles. The molecule has 1 atom stereocenters. The van der Waals surface area contributed by atoms with Crippen LogP contribution in [0.4, 0.5) is 0 Å². The number of ether oxygens (including phenoxy) is 1. The van der Waals surface area contributed by atoms with Crippen molar-refractivity contribution in [3.8, 4) is 17.1 Å². The van der Waals surface area contributed by atoms with Crippen LogP contribution < -0.4 is 4.74 Å². The summed E-state index contributed by atoms with van der Waals surface area (Å²) >= 11 is 0. The lowest BCUT2D eigenvalue weighted by molar-refractivity contribution is -0.141. The zero-order valence-corrected chi connectivity index (χ0v) is 13.0. The summed E-state index contributed by atoms with van der Waals surface area (Å²) in [5.41, 5.74) is 1.63. The zero-order chi connectivity index (χ0) is 16.9. The van der Waals surface area contributed by atoms with Gasteiger partial charge >= 0.3 is 5.97 Å². The smallest absolute Gasteiger partial charge is 0.329 e. The fraction of sp³-hybridized carbons (Fsp3) is 0.176. The van der Waals surface area contributed by atoms with Gasteiger partial charge in [0.15, 0.2) is 11.9 Å². The number of methoxy groups -OCH3 is 1. The van der Waals surface area contributed by atoms with E-state index in [9.17, 15) is 9.90 Å². The second-order valence-corrected chi connectivity index (χ2v) is 5.22. The predicted octanol–water partition coefficient (Wildman–Crippen LogP) is 2.22. The van der Waals surface area contributed by atoms with Crippen LogP contribution in [0.5, 0.6) is 5.75 Å². The van der Waals surface area contributed by atoms with Gasteiger partial charge < -0.3 is 9.84 Å². The molecule has 0 radical (unpaired) electrons. The van der Waals surface area contributed by atoms with E-state index < -0.39 is 12.0 Å². The molecular weight excluding hydrogens is 308 g/mol. The number of nitrogens with zero attached hydrogens (tertiary/aromatic N) is 4. The van der Waals surface area contributed by atoms with Crippen LogP contribution in [0.2, 0.25) is 0 Å². The van der Waals surface area contributed by atoms with Crippen LogP contribution >= 0.6 is 0 Å². The third kappa shape index (κ3) is 3.24. The highest BCUT2D eigenvalue weighted by molar-refractivity contribution is 5.73. The van der Waals surface area contributed by atoms with E-state index >= 15 is 0 Å². The predicted molar refractivity (Wildman–Crippen MR) is 86.6 cm³/mol. The average molecular weight is 324 g/mol. The molecule has 122 valence electrons. The van der Waals surface area contributed by atoms with E-state index in [2.05, 4.69) is 15.5 Å². The highest BCUT2D eigenvalue weighted by Crippen LogP contribution is 2.24. The number of rotatable bonds is 6. The van der Waals surface area contributed by atoms with Crippen LogP contribution in [0.3, 0.4) is 0 Å². The van der Waals surface area contributed by atoms with Crippen LogP contribution in [0.25, 0.3) is 11.4 Å². The van der Waals surface area contributed by atoms with Crippen LogP contribution in [0, 0.1) is 0 Å².